The van der Waals surface area contributed by atoms with Crippen LogP contribution in [0.5, 0.6) is 0 Å². The van der Waals surface area contributed by atoms with E-state index in [4.69, 9.17) is 4.74 Å². The third-order valence-electron chi connectivity index (χ3n) is 10.5. The van der Waals surface area contributed by atoms with Gasteiger partial charge in [0.15, 0.2) is 5.78 Å². The van der Waals surface area contributed by atoms with Crippen molar-refractivity contribution in [2.75, 3.05) is 0 Å². The summed E-state index contributed by atoms with van der Waals surface area (Å²) in [6, 6.07) is 0. The van der Waals surface area contributed by atoms with E-state index in [9.17, 15) is 15.0 Å². The fourth-order valence-electron chi connectivity index (χ4n) is 8.82. The van der Waals surface area contributed by atoms with Crippen LogP contribution < -0.4 is 0 Å². The molecule has 0 aromatic carbocycles. The molecule has 0 bridgehead atoms. The number of fused-ring (bicyclic) bond motifs is 7. The van der Waals surface area contributed by atoms with Gasteiger partial charge in [-0.25, -0.2) is 0 Å². The Morgan fingerprint density at radius 2 is 1.97 bits per heavy atom. The van der Waals surface area contributed by atoms with Crippen molar-refractivity contribution in [1.82, 2.24) is 0 Å². The second-order valence-electron chi connectivity index (χ2n) is 12.8. The van der Waals surface area contributed by atoms with Gasteiger partial charge in [-0.15, -0.1) is 0 Å². The highest BCUT2D eigenvalue weighted by Gasteiger charge is 2.69. The molecule has 10 atom stereocenters. The molecule has 3 saturated carbocycles. The first-order valence-electron chi connectivity index (χ1n) is 12.8. The maximum absolute atomic E-state index is 13.5. The van der Waals surface area contributed by atoms with E-state index in [-0.39, 0.29) is 29.0 Å². The Bertz CT molecular complexity index is 781. The van der Waals surface area contributed by atoms with Crippen LogP contribution in [0.2, 0.25) is 0 Å². The highest BCUT2D eigenvalue weighted by molar-refractivity contribution is 5.94. The highest BCUT2D eigenvalue weighted by Crippen LogP contribution is 2.68. The van der Waals surface area contributed by atoms with E-state index in [1.54, 1.807) is 0 Å². The van der Waals surface area contributed by atoms with Gasteiger partial charge < -0.3 is 14.9 Å². The normalized spacial score (nSPS) is 49.5. The third-order valence-corrected chi connectivity index (χ3v) is 10.5. The van der Waals surface area contributed by atoms with Gasteiger partial charge in [0, 0.05) is 11.3 Å². The summed E-state index contributed by atoms with van der Waals surface area (Å²) in [4.78, 5) is 13.5. The van der Waals surface area contributed by atoms with E-state index < -0.39 is 11.7 Å². The number of ether oxygens (including phenoxy) is 1. The monoisotopic (exact) mass is 430 g/mol. The molecule has 5 aliphatic rings. The number of hydrogen-bond acceptors (Lipinski definition) is 4. The van der Waals surface area contributed by atoms with Crippen LogP contribution in [0.1, 0.15) is 86.0 Å². The van der Waals surface area contributed by atoms with Gasteiger partial charge in [0.2, 0.25) is 0 Å². The van der Waals surface area contributed by atoms with Crippen molar-refractivity contribution in [3.63, 3.8) is 0 Å². The first-order chi connectivity index (χ1) is 14.5. The minimum Gasteiger partial charge on any atom is -0.390 e. The second-order valence-corrected chi connectivity index (χ2v) is 12.8. The van der Waals surface area contributed by atoms with Gasteiger partial charge in [0.05, 0.1) is 17.8 Å². The molecule has 1 saturated heterocycles. The average Bonchev–Trinajstić information content (AvgIpc) is 3.40. The van der Waals surface area contributed by atoms with Gasteiger partial charge in [-0.05, 0) is 87.5 Å². The van der Waals surface area contributed by atoms with Gasteiger partial charge in [-0.2, -0.15) is 0 Å². The predicted molar refractivity (Wildman–Crippen MR) is 120 cm³/mol. The van der Waals surface area contributed by atoms with Crippen LogP contribution in [0, 0.1) is 40.4 Å². The van der Waals surface area contributed by atoms with E-state index >= 15 is 0 Å². The van der Waals surface area contributed by atoms with Crippen molar-refractivity contribution in [2.45, 2.75) is 110 Å². The SMILES string of the molecule is C[C@H](CCCC(C)(C)O)[C@H]1CC[C@H]2[C@@H]3C(=O)C=C4C[C@@H](O)[C@@H]5O[C@@H]5[C@]4(C)[C@H]3CC[C@]12C. The topological polar surface area (TPSA) is 70.1 Å². The van der Waals surface area contributed by atoms with Gasteiger partial charge in [0.1, 0.15) is 6.10 Å². The molecule has 4 nitrogen and oxygen atoms in total. The fourth-order valence-corrected chi connectivity index (χ4v) is 8.82. The van der Waals surface area contributed by atoms with Crippen LogP contribution >= 0.6 is 0 Å². The summed E-state index contributed by atoms with van der Waals surface area (Å²) in [5, 5.41) is 20.5. The summed E-state index contributed by atoms with van der Waals surface area (Å²) >= 11 is 0. The first kappa shape index (κ1) is 22.1. The summed E-state index contributed by atoms with van der Waals surface area (Å²) in [5.74, 6) is 2.60. The van der Waals surface area contributed by atoms with Gasteiger partial charge in [0.25, 0.3) is 0 Å². The number of aliphatic hydroxyl groups is 2. The molecule has 1 heterocycles. The number of carbonyl (C=O) groups is 1. The molecular weight excluding hydrogens is 388 g/mol. The fraction of sp³-hybridized carbons (Fsp3) is 0.889. The Kier molecular flexibility index (Phi) is 5.09. The summed E-state index contributed by atoms with van der Waals surface area (Å²) in [6.45, 7) is 11.0. The summed E-state index contributed by atoms with van der Waals surface area (Å²) in [6.07, 6.45) is 9.97. The van der Waals surface area contributed by atoms with Crippen LogP contribution in [-0.4, -0.2) is 39.9 Å². The summed E-state index contributed by atoms with van der Waals surface area (Å²) in [5.41, 5.74) is 0.748. The highest BCUT2D eigenvalue weighted by atomic mass is 16.6. The van der Waals surface area contributed by atoms with E-state index in [1.165, 1.54) is 19.3 Å². The molecule has 174 valence electrons. The zero-order valence-corrected chi connectivity index (χ0v) is 20.1. The Morgan fingerprint density at radius 1 is 1.23 bits per heavy atom. The third kappa shape index (κ3) is 3.30. The van der Waals surface area contributed by atoms with Crippen LogP contribution in [0.15, 0.2) is 11.6 Å². The van der Waals surface area contributed by atoms with Crippen molar-refractivity contribution in [3.8, 4) is 0 Å². The molecule has 0 aromatic heterocycles. The van der Waals surface area contributed by atoms with Gasteiger partial charge >= 0.3 is 0 Å². The molecular formula is C27H42O4. The van der Waals surface area contributed by atoms with Crippen molar-refractivity contribution in [2.24, 2.45) is 40.4 Å². The Balaban J connectivity index is 1.36. The minimum absolute atomic E-state index is 0.0172. The van der Waals surface area contributed by atoms with Crippen molar-refractivity contribution in [3.05, 3.63) is 11.6 Å². The smallest absolute Gasteiger partial charge is 0.159 e. The lowest BCUT2D eigenvalue weighted by Crippen LogP contribution is -2.56. The number of hydrogen-bond donors (Lipinski definition) is 2. The Labute approximate surface area is 187 Å². The molecule has 0 unspecified atom stereocenters. The lowest BCUT2D eigenvalue weighted by atomic mass is 9.46. The number of allylic oxidation sites excluding steroid dienone is 1. The van der Waals surface area contributed by atoms with Crippen molar-refractivity contribution < 1.29 is 19.7 Å². The van der Waals surface area contributed by atoms with Crippen LogP contribution in [0.3, 0.4) is 0 Å². The number of epoxide rings is 1. The number of ketones is 1. The van der Waals surface area contributed by atoms with Crippen LogP contribution in [0.25, 0.3) is 0 Å². The molecule has 4 aliphatic carbocycles. The van der Waals surface area contributed by atoms with E-state index in [2.05, 4.69) is 20.8 Å². The summed E-state index contributed by atoms with van der Waals surface area (Å²) < 4.78 is 5.99. The molecule has 0 radical (unpaired) electrons. The van der Waals surface area contributed by atoms with Gasteiger partial charge in [-0.3, -0.25) is 4.79 Å². The maximum atomic E-state index is 13.5. The first-order valence-corrected chi connectivity index (χ1v) is 12.8. The van der Waals surface area contributed by atoms with E-state index in [1.807, 2.05) is 19.9 Å². The molecule has 5 rings (SSSR count). The average molecular weight is 431 g/mol. The van der Waals surface area contributed by atoms with Crippen molar-refractivity contribution >= 4 is 5.78 Å². The molecule has 1 aliphatic heterocycles. The molecule has 2 N–H and O–H groups in total. The van der Waals surface area contributed by atoms with Crippen LogP contribution in [0.4, 0.5) is 0 Å². The molecule has 0 spiro atoms. The largest absolute Gasteiger partial charge is 0.390 e. The number of carbonyl (C=O) groups excluding carboxylic acids is 1. The zero-order valence-electron chi connectivity index (χ0n) is 20.1. The number of rotatable bonds is 5. The van der Waals surface area contributed by atoms with Crippen LogP contribution in [-0.2, 0) is 9.53 Å². The summed E-state index contributed by atoms with van der Waals surface area (Å²) in [7, 11) is 0. The molecule has 31 heavy (non-hydrogen) atoms. The molecule has 0 amide bonds. The second kappa shape index (κ2) is 7.14. The molecule has 4 fully saturated rings. The minimum atomic E-state index is -0.579. The lowest BCUT2D eigenvalue weighted by molar-refractivity contribution is -0.134. The molecule has 0 aromatic rings. The standard InChI is InChI=1S/C27H42O4/c1-15(7-6-11-25(2,3)30)17-8-9-18-22-19(10-12-26(17,18)4)27(5)16(13-20(22)28)14-21(29)23-24(27)31-23/h13,15,17-19,21-24,29-30H,6-12,14H2,1-5H3/t15-,17-,18+,19+,21-,22+,23+,24+,26-,27+/m1/s1. The van der Waals surface area contributed by atoms with E-state index in [0.29, 0.717) is 35.9 Å². The Morgan fingerprint density at radius 3 is 2.68 bits per heavy atom. The quantitative estimate of drug-likeness (QED) is 0.622. The predicted octanol–water partition coefficient (Wildman–Crippen LogP) is 4.67. The Hall–Kier alpha value is -0.710. The molecule has 4 heteroatoms. The van der Waals surface area contributed by atoms with Crippen molar-refractivity contribution in [1.29, 1.82) is 0 Å². The maximum Gasteiger partial charge on any atom is 0.159 e. The lowest BCUT2D eigenvalue weighted by Gasteiger charge is -2.56. The van der Waals surface area contributed by atoms with E-state index in [0.717, 1.165) is 31.3 Å². The van der Waals surface area contributed by atoms with Gasteiger partial charge in [-0.1, -0.05) is 39.2 Å². The number of aliphatic hydroxyl groups excluding tert-OH is 1. The zero-order chi connectivity index (χ0) is 22.3.